The monoisotopic (exact) mass is 364 g/mol. The summed E-state index contributed by atoms with van der Waals surface area (Å²) in [6.07, 6.45) is 2.47. The highest BCUT2D eigenvalue weighted by molar-refractivity contribution is 8.01. The van der Waals surface area contributed by atoms with Crippen LogP contribution in [0.2, 0.25) is 0 Å². The van der Waals surface area contributed by atoms with Gasteiger partial charge in [-0.25, -0.2) is 4.39 Å². The molecule has 2 heterocycles. The van der Waals surface area contributed by atoms with E-state index in [1.807, 2.05) is 30.9 Å². The first-order chi connectivity index (χ1) is 11.9. The van der Waals surface area contributed by atoms with Gasteiger partial charge in [0.2, 0.25) is 11.8 Å². The molecule has 2 aliphatic rings. The van der Waals surface area contributed by atoms with E-state index in [1.165, 1.54) is 17.8 Å². The Kier molecular flexibility index (Phi) is 5.37. The molecule has 4 nitrogen and oxygen atoms in total. The molecule has 2 amide bonds. The van der Waals surface area contributed by atoms with Crippen LogP contribution < -0.4 is 5.32 Å². The minimum atomic E-state index is -0.469. The van der Waals surface area contributed by atoms with Crippen LogP contribution in [0, 0.1) is 11.7 Å². The average molecular weight is 364 g/mol. The smallest absolute Gasteiger partial charge is 0.246 e. The third-order valence-electron chi connectivity index (χ3n) is 5.15. The molecule has 1 N–H and O–H groups in total. The molecule has 0 unspecified atom stereocenters. The summed E-state index contributed by atoms with van der Waals surface area (Å²) in [7, 11) is 0. The number of carbonyl (C=O) groups is 2. The number of amides is 2. The maximum Gasteiger partial charge on any atom is 0.246 e. The number of rotatable bonds is 3. The molecule has 2 fully saturated rings. The van der Waals surface area contributed by atoms with Crippen LogP contribution in [0.25, 0.3) is 0 Å². The zero-order chi connectivity index (χ0) is 18.0. The standard InChI is InChI=1S/C19H25FN2O2S/c1-19(2)18(24)21-16(12-25-19)17(23)22-9-7-13(8-10-22)11-14-5-3-4-6-15(14)20/h3-6,13,16H,7-12H2,1-2H3,(H,21,24)/t16-/m0/s1. The molecule has 0 aliphatic carbocycles. The number of carbonyl (C=O) groups excluding carboxylic acids is 2. The van der Waals surface area contributed by atoms with Crippen LogP contribution in [-0.2, 0) is 16.0 Å². The number of nitrogens with zero attached hydrogens (tertiary/aromatic N) is 1. The second-order valence-corrected chi connectivity index (χ2v) is 9.05. The summed E-state index contributed by atoms with van der Waals surface area (Å²) in [5, 5.41) is 2.86. The summed E-state index contributed by atoms with van der Waals surface area (Å²) in [5.74, 6) is 0.810. The fourth-order valence-corrected chi connectivity index (χ4v) is 4.42. The van der Waals surface area contributed by atoms with E-state index in [-0.39, 0.29) is 17.6 Å². The van der Waals surface area contributed by atoms with E-state index in [0.29, 0.717) is 24.8 Å². The van der Waals surface area contributed by atoms with Crippen LogP contribution in [0.4, 0.5) is 4.39 Å². The van der Waals surface area contributed by atoms with E-state index in [4.69, 9.17) is 0 Å². The topological polar surface area (TPSA) is 49.4 Å². The molecule has 3 rings (SSSR count). The lowest BCUT2D eigenvalue weighted by molar-refractivity contribution is -0.137. The second kappa shape index (κ2) is 7.36. The summed E-state index contributed by atoms with van der Waals surface area (Å²) in [6.45, 7) is 5.11. The first-order valence-corrected chi connectivity index (χ1v) is 9.82. The molecular weight excluding hydrogens is 339 g/mol. The number of hydrogen-bond acceptors (Lipinski definition) is 3. The summed E-state index contributed by atoms with van der Waals surface area (Å²) >= 11 is 1.53. The Balaban J connectivity index is 1.51. The van der Waals surface area contributed by atoms with Crippen molar-refractivity contribution in [3.05, 3.63) is 35.6 Å². The molecule has 0 bridgehead atoms. The van der Waals surface area contributed by atoms with E-state index in [1.54, 1.807) is 6.07 Å². The molecule has 0 radical (unpaired) electrons. The Morgan fingerprint density at radius 3 is 2.64 bits per heavy atom. The summed E-state index contributed by atoms with van der Waals surface area (Å²) in [5.41, 5.74) is 0.755. The lowest BCUT2D eigenvalue weighted by Crippen LogP contribution is -2.58. The largest absolute Gasteiger partial charge is 0.342 e. The SMILES string of the molecule is CC1(C)SC[C@@H](C(=O)N2CCC(Cc3ccccc3F)CC2)NC1=O. The number of nitrogens with one attached hydrogen (secondary N) is 1. The minimum Gasteiger partial charge on any atom is -0.342 e. The van der Waals surface area contributed by atoms with Crippen LogP contribution in [0.15, 0.2) is 24.3 Å². The Hall–Kier alpha value is -1.56. The first-order valence-electron chi connectivity index (χ1n) is 8.84. The Morgan fingerprint density at radius 2 is 2.00 bits per heavy atom. The maximum absolute atomic E-state index is 13.8. The summed E-state index contributed by atoms with van der Waals surface area (Å²) in [4.78, 5) is 26.6. The van der Waals surface area contributed by atoms with Crippen molar-refractivity contribution in [3.63, 3.8) is 0 Å². The number of piperidine rings is 1. The molecule has 2 saturated heterocycles. The lowest BCUT2D eigenvalue weighted by atomic mass is 9.90. The zero-order valence-electron chi connectivity index (χ0n) is 14.8. The number of hydrogen-bond donors (Lipinski definition) is 1. The molecule has 1 aromatic rings. The Labute approximate surface area is 152 Å². The van der Waals surface area contributed by atoms with Crippen LogP contribution >= 0.6 is 11.8 Å². The van der Waals surface area contributed by atoms with E-state index in [0.717, 1.165) is 24.8 Å². The van der Waals surface area contributed by atoms with E-state index in [2.05, 4.69) is 5.32 Å². The number of halogens is 1. The molecule has 1 atom stereocenters. The number of likely N-dealkylation sites (tertiary alicyclic amines) is 1. The molecule has 25 heavy (non-hydrogen) atoms. The fraction of sp³-hybridized carbons (Fsp3) is 0.579. The molecule has 0 aromatic heterocycles. The van der Waals surface area contributed by atoms with Gasteiger partial charge in [0.25, 0.3) is 0 Å². The molecule has 2 aliphatic heterocycles. The third kappa shape index (κ3) is 4.17. The van der Waals surface area contributed by atoms with Crippen molar-refractivity contribution in [2.24, 2.45) is 5.92 Å². The van der Waals surface area contributed by atoms with Gasteiger partial charge in [-0.15, -0.1) is 11.8 Å². The number of thioether (sulfide) groups is 1. The molecular formula is C19H25FN2O2S. The predicted molar refractivity (Wildman–Crippen MR) is 97.9 cm³/mol. The van der Waals surface area contributed by atoms with Gasteiger partial charge in [-0.1, -0.05) is 18.2 Å². The Bertz CT molecular complexity index is 657. The van der Waals surface area contributed by atoms with E-state index in [9.17, 15) is 14.0 Å². The molecule has 1 aromatic carbocycles. The van der Waals surface area contributed by atoms with Crippen molar-refractivity contribution in [1.29, 1.82) is 0 Å². The van der Waals surface area contributed by atoms with Crippen LogP contribution in [0.3, 0.4) is 0 Å². The summed E-state index contributed by atoms with van der Waals surface area (Å²) in [6, 6.07) is 6.48. The van der Waals surface area contributed by atoms with Crippen molar-refractivity contribution < 1.29 is 14.0 Å². The quantitative estimate of drug-likeness (QED) is 0.897. The first kappa shape index (κ1) is 18.2. The maximum atomic E-state index is 13.8. The molecule has 6 heteroatoms. The molecule has 136 valence electrons. The van der Waals surface area contributed by atoms with Gasteiger partial charge in [-0.3, -0.25) is 9.59 Å². The highest BCUT2D eigenvalue weighted by Gasteiger charge is 2.39. The van der Waals surface area contributed by atoms with Gasteiger partial charge < -0.3 is 10.2 Å². The van der Waals surface area contributed by atoms with Crippen molar-refractivity contribution in [2.75, 3.05) is 18.8 Å². The summed E-state index contributed by atoms with van der Waals surface area (Å²) < 4.78 is 13.3. The van der Waals surface area contributed by atoms with Crippen molar-refractivity contribution in [2.45, 2.75) is 43.9 Å². The third-order valence-corrected chi connectivity index (χ3v) is 6.56. The van der Waals surface area contributed by atoms with Crippen molar-refractivity contribution in [3.8, 4) is 0 Å². The Morgan fingerprint density at radius 1 is 1.32 bits per heavy atom. The lowest BCUT2D eigenvalue weighted by Gasteiger charge is -2.38. The number of benzene rings is 1. The van der Waals surface area contributed by atoms with Crippen LogP contribution in [0.5, 0.6) is 0 Å². The average Bonchev–Trinajstić information content (AvgIpc) is 2.59. The van der Waals surface area contributed by atoms with E-state index >= 15 is 0 Å². The molecule has 0 saturated carbocycles. The van der Waals surface area contributed by atoms with Gasteiger partial charge in [0.05, 0.1) is 4.75 Å². The fourth-order valence-electron chi connectivity index (χ4n) is 3.42. The van der Waals surface area contributed by atoms with Gasteiger partial charge >= 0.3 is 0 Å². The van der Waals surface area contributed by atoms with Crippen molar-refractivity contribution in [1.82, 2.24) is 10.2 Å². The van der Waals surface area contributed by atoms with Gasteiger partial charge in [-0.2, -0.15) is 0 Å². The minimum absolute atomic E-state index is 0.0145. The molecule has 0 spiro atoms. The van der Waals surface area contributed by atoms with Gasteiger partial charge in [0.1, 0.15) is 11.9 Å². The van der Waals surface area contributed by atoms with Crippen LogP contribution in [0.1, 0.15) is 32.3 Å². The van der Waals surface area contributed by atoms with Gasteiger partial charge in [0, 0.05) is 18.8 Å². The van der Waals surface area contributed by atoms with Gasteiger partial charge in [-0.05, 0) is 50.7 Å². The van der Waals surface area contributed by atoms with Crippen LogP contribution in [-0.4, -0.2) is 46.3 Å². The van der Waals surface area contributed by atoms with Crippen molar-refractivity contribution >= 4 is 23.6 Å². The highest BCUT2D eigenvalue weighted by Crippen LogP contribution is 2.30. The normalized spacial score (nSPS) is 24.0. The highest BCUT2D eigenvalue weighted by atomic mass is 32.2. The predicted octanol–water partition coefficient (Wildman–Crippen LogP) is 2.62. The van der Waals surface area contributed by atoms with Gasteiger partial charge in [0.15, 0.2) is 0 Å². The second-order valence-electron chi connectivity index (χ2n) is 7.41. The van der Waals surface area contributed by atoms with E-state index < -0.39 is 10.8 Å². The zero-order valence-corrected chi connectivity index (χ0v) is 15.6.